The average molecular weight is 273 g/mol. The molecule has 2 rings (SSSR count). The van der Waals surface area contributed by atoms with Gasteiger partial charge in [-0.2, -0.15) is 13.2 Å². The quantitative estimate of drug-likeness (QED) is 0.898. The van der Waals surface area contributed by atoms with Gasteiger partial charge in [-0.05, 0) is 24.3 Å². The van der Waals surface area contributed by atoms with Gasteiger partial charge in [-0.3, -0.25) is 9.59 Å². The van der Waals surface area contributed by atoms with Crippen molar-refractivity contribution in [3.63, 3.8) is 0 Å². The smallest absolute Gasteiger partial charge is 0.416 e. The lowest BCUT2D eigenvalue weighted by Crippen LogP contribution is -2.25. The Hall–Kier alpha value is -2.05. The van der Waals surface area contributed by atoms with E-state index in [0.29, 0.717) is 0 Å². The zero-order valence-corrected chi connectivity index (χ0v) is 9.65. The maximum atomic E-state index is 12.4. The molecule has 0 aromatic heterocycles. The summed E-state index contributed by atoms with van der Waals surface area (Å²) in [6.07, 6.45) is -4.56. The molecule has 1 atom stereocenters. The van der Waals surface area contributed by atoms with Crippen molar-refractivity contribution in [2.24, 2.45) is 5.92 Å². The van der Waals surface area contributed by atoms with E-state index in [4.69, 9.17) is 5.11 Å². The maximum Gasteiger partial charge on any atom is 0.416 e. The van der Waals surface area contributed by atoms with Crippen molar-refractivity contribution in [2.45, 2.75) is 12.6 Å². The lowest BCUT2D eigenvalue weighted by atomic mass is 10.1. The van der Waals surface area contributed by atoms with E-state index in [2.05, 4.69) is 0 Å². The maximum absolute atomic E-state index is 12.4. The van der Waals surface area contributed by atoms with E-state index in [-0.39, 0.29) is 18.7 Å². The Labute approximate surface area is 106 Å². The van der Waals surface area contributed by atoms with E-state index in [1.54, 1.807) is 0 Å². The third-order valence-electron chi connectivity index (χ3n) is 2.98. The molecule has 19 heavy (non-hydrogen) atoms. The van der Waals surface area contributed by atoms with E-state index in [9.17, 15) is 22.8 Å². The first kappa shape index (κ1) is 13.4. The van der Waals surface area contributed by atoms with Gasteiger partial charge in [-0.15, -0.1) is 0 Å². The molecule has 4 nitrogen and oxygen atoms in total. The number of benzene rings is 1. The Morgan fingerprint density at radius 2 is 1.84 bits per heavy atom. The topological polar surface area (TPSA) is 57.6 Å². The molecule has 1 heterocycles. The molecule has 1 unspecified atom stereocenters. The van der Waals surface area contributed by atoms with Crippen LogP contribution in [0.1, 0.15) is 12.0 Å². The lowest BCUT2D eigenvalue weighted by Gasteiger charge is -2.17. The third-order valence-corrected chi connectivity index (χ3v) is 2.98. The van der Waals surface area contributed by atoms with Gasteiger partial charge in [0, 0.05) is 18.7 Å². The Kier molecular flexibility index (Phi) is 3.21. The van der Waals surface area contributed by atoms with Gasteiger partial charge in [-0.25, -0.2) is 0 Å². The average Bonchev–Trinajstić information content (AvgIpc) is 2.70. The summed E-state index contributed by atoms with van der Waals surface area (Å²) in [7, 11) is 0. The van der Waals surface area contributed by atoms with Crippen molar-refractivity contribution in [1.82, 2.24) is 0 Å². The third kappa shape index (κ3) is 2.69. The molecule has 0 spiro atoms. The molecule has 1 amide bonds. The second-order valence-electron chi connectivity index (χ2n) is 4.29. The molecule has 0 bridgehead atoms. The van der Waals surface area contributed by atoms with E-state index in [1.165, 1.54) is 17.0 Å². The summed E-state index contributed by atoms with van der Waals surface area (Å²) in [4.78, 5) is 23.6. The summed E-state index contributed by atoms with van der Waals surface area (Å²) in [5.41, 5.74) is -0.528. The first-order valence-corrected chi connectivity index (χ1v) is 5.49. The predicted molar refractivity (Wildman–Crippen MR) is 59.5 cm³/mol. The number of anilines is 1. The van der Waals surface area contributed by atoms with E-state index in [1.807, 2.05) is 0 Å². The van der Waals surface area contributed by atoms with Crippen LogP contribution in [-0.2, 0) is 15.8 Å². The van der Waals surface area contributed by atoms with Gasteiger partial charge in [0.15, 0.2) is 0 Å². The highest BCUT2D eigenvalue weighted by molar-refractivity contribution is 5.99. The molecule has 1 aromatic carbocycles. The minimum atomic E-state index is -4.43. The second kappa shape index (κ2) is 4.56. The number of amides is 1. The fraction of sp³-hybridized carbons (Fsp3) is 0.333. The first-order valence-electron chi connectivity index (χ1n) is 5.49. The normalized spacial score (nSPS) is 19.8. The van der Waals surface area contributed by atoms with Crippen LogP contribution in [0.2, 0.25) is 0 Å². The van der Waals surface area contributed by atoms with Crippen LogP contribution in [0.15, 0.2) is 24.3 Å². The number of alkyl halides is 3. The number of rotatable bonds is 2. The van der Waals surface area contributed by atoms with Gasteiger partial charge in [-0.1, -0.05) is 0 Å². The van der Waals surface area contributed by atoms with Crippen LogP contribution < -0.4 is 4.90 Å². The number of carboxylic acid groups (broad SMARTS) is 1. The first-order chi connectivity index (χ1) is 8.79. The number of hydrogen-bond acceptors (Lipinski definition) is 2. The fourth-order valence-electron chi connectivity index (χ4n) is 1.95. The van der Waals surface area contributed by atoms with Crippen LogP contribution in [0, 0.1) is 5.92 Å². The van der Waals surface area contributed by atoms with Gasteiger partial charge in [0.25, 0.3) is 0 Å². The zero-order valence-electron chi connectivity index (χ0n) is 9.65. The summed E-state index contributed by atoms with van der Waals surface area (Å²) in [5, 5.41) is 8.82. The fourth-order valence-corrected chi connectivity index (χ4v) is 1.95. The molecule has 0 radical (unpaired) electrons. The Morgan fingerprint density at radius 1 is 1.26 bits per heavy atom. The van der Waals surface area contributed by atoms with Crippen molar-refractivity contribution in [1.29, 1.82) is 0 Å². The molecule has 1 aromatic rings. The molecule has 7 heteroatoms. The van der Waals surface area contributed by atoms with Gasteiger partial charge in [0.2, 0.25) is 5.91 Å². The number of hydrogen-bond donors (Lipinski definition) is 1. The summed E-state index contributed by atoms with van der Waals surface area (Å²) >= 11 is 0. The molecule has 0 aliphatic carbocycles. The Morgan fingerprint density at radius 3 is 2.26 bits per heavy atom. The zero-order chi connectivity index (χ0) is 14.2. The molecule has 1 saturated heterocycles. The van der Waals surface area contributed by atoms with Crippen molar-refractivity contribution in [2.75, 3.05) is 11.4 Å². The number of carbonyl (C=O) groups is 2. The molecule has 0 saturated carbocycles. The van der Waals surface area contributed by atoms with Crippen molar-refractivity contribution in [3.8, 4) is 0 Å². The van der Waals surface area contributed by atoms with Crippen molar-refractivity contribution < 1.29 is 27.9 Å². The van der Waals surface area contributed by atoms with Crippen molar-refractivity contribution in [3.05, 3.63) is 29.8 Å². The highest BCUT2D eigenvalue weighted by Gasteiger charge is 2.35. The van der Waals surface area contributed by atoms with E-state index in [0.717, 1.165) is 12.1 Å². The number of carbonyl (C=O) groups excluding carboxylic acids is 1. The largest absolute Gasteiger partial charge is 0.481 e. The minimum Gasteiger partial charge on any atom is -0.481 e. The number of carboxylic acids is 1. The lowest BCUT2D eigenvalue weighted by molar-refractivity contribution is -0.141. The predicted octanol–water partition coefficient (Wildman–Crippen LogP) is 2.14. The Bertz CT molecular complexity index is 510. The minimum absolute atomic E-state index is 0.0144. The van der Waals surface area contributed by atoms with Gasteiger partial charge < -0.3 is 10.0 Å². The number of halogens is 3. The molecular weight excluding hydrogens is 263 g/mol. The SMILES string of the molecule is O=C(O)C1CC(=O)N(c2ccc(C(F)(F)F)cc2)C1. The summed E-state index contributed by atoms with van der Waals surface area (Å²) in [6.45, 7) is -0.0144. The Balaban J connectivity index is 2.19. The van der Waals surface area contributed by atoms with Crippen molar-refractivity contribution >= 4 is 17.6 Å². The van der Waals surface area contributed by atoms with Crippen LogP contribution in [0.4, 0.5) is 18.9 Å². The number of nitrogens with zero attached hydrogens (tertiary/aromatic N) is 1. The van der Waals surface area contributed by atoms with Gasteiger partial charge >= 0.3 is 12.1 Å². The summed E-state index contributed by atoms with van der Waals surface area (Å²) < 4.78 is 37.1. The van der Waals surface area contributed by atoms with Crippen LogP contribution >= 0.6 is 0 Å². The van der Waals surface area contributed by atoms with Gasteiger partial charge in [0.05, 0.1) is 11.5 Å². The standard InChI is InChI=1S/C12H10F3NO3/c13-12(14,15)8-1-3-9(4-2-8)16-6-7(11(18)19)5-10(16)17/h1-4,7H,5-6H2,(H,18,19). The molecule has 1 aliphatic heterocycles. The molecule has 102 valence electrons. The molecule has 1 aliphatic rings. The van der Waals surface area contributed by atoms with Crippen LogP contribution in [0.25, 0.3) is 0 Å². The van der Waals surface area contributed by atoms with Gasteiger partial charge in [0.1, 0.15) is 0 Å². The molecular formula is C12H10F3NO3. The summed E-state index contributed by atoms with van der Waals surface area (Å²) in [5.74, 6) is -2.29. The monoisotopic (exact) mass is 273 g/mol. The second-order valence-corrected chi connectivity index (χ2v) is 4.29. The molecule has 1 fully saturated rings. The van der Waals surface area contributed by atoms with E-state index >= 15 is 0 Å². The highest BCUT2D eigenvalue weighted by Crippen LogP contribution is 2.32. The highest BCUT2D eigenvalue weighted by atomic mass is 19.4. The molecule has 1 N–H and O–H groups in total. The van der Waals surface area contributed by atoms with Crippen LogP contribution in [-0.4, -0.2) is 23.5 Å². The summed E-state index contributed by atoms with van der Waals surface area (Å²) in [6, 6.07) is 4.09. The van der Waals surface area contributed by atoms with Crippen LogP contribution in [0.5, 0.6) is 0 Å². The number of aliphatic carboxylic acids is 1. The van der Waals surface area contributed by atoms with Crippen LogP contribution in [0.3, 0.4) is 0 Å². The van der Waals surface area contributed by atoms with E-state index < -0.39 is 29.5 Å².